The lowest BCUT2D eigenvalue weighted by Gasteiger charge is -2.33. The van der Waals surface area contributed by atoms with E-state index in [9.17, 15) is 9.90 Å². The molecule has 0 radical (unpaired) electrons. The van der Waals surface area contributed by atoms with Crippen molar-refractivity contribution in [2.45, 2.75) is 19.8 Å². The van der Waals surface area contributed by atoms with Gasteiger partial charge in [0.05, 0.1) is 0 Å². The number of rotatable bonds is 3. The summed E-state index contributed by atoms with van der Waals surface area (Å²) in [6.45, 7) is 4.51. The number of nitrogens with zero attached hydrogens (tertiary/aromatic N) is 2. The first-order valence-corrected chi connectivity index (χ1v) is 7.21. The number of carbonyl (C=O) groups is 1. The number of aromatic hydroxyl groups is 1. The second-order valence-corrected chi connectivity index (χ2v) is 5.95. The van der Waals surface area contributed by atoms with Gasteiger partial charge in [0.1, 0.15) is 5.75 Å². The molecule has 0 saturated carbocycles. The van der Waals surface area contributed by atoms with Crippen molar-refractivity contribution >= 4 is 5.91 Å². The van der Waals surface area contributed by atoms with E-state index in [1.54, 1.807) is 25.1 Å². The van der Waals surface area contributed by atoms with Crippen molar-refractivity contribution in [1.82, 2.24) is 9.80 Å². The van der Waals surface area contributed by atoms with Gasteiger partial charge in [-0.15, -0.1) is 0 Å². The van der Waals surface area contributed by atoms with E-state index in [0.29, 0.717) is 17.0 Å². The van der Waals surface area contributed by atoms with Crippen molar-refractivity contribution in [3.63, 3.8) is 0 Å². The Bertz CT molecular complexity index is 477. The lowest BCUT2D eigenvalue weighted by Crippen LogP contribution is -2.40. The lowest BCUT2D eigenvalue weighted by atomic mass is 9.95. The first-order valence-electron chi connectivity index (χ1n) is 7.21. The zero-order chi connectivity index (χ0) is 14.7. The normalized spacial score (nSPS) is 16.7. The van der Waals surface area contributed by atoms with Crippen LogP contribution >= 0.6 is 0 Å². The molecule has 1 N–H and O–H groups in total. The summed E-state index contributed by atoms with van der Waals surface area (Å²) in [5, 5.41) is 9.71. The average Bonchev–Trinajstić information content (AvgIpc) is 2.41. The summed E-state index contributed by atoms with van der Waals surface area (Å²) in [6, 6.07) is 5.15. The molecule has 0 aromatic heterocycles. The standard InChI is InChI=1S/C16H24N2O2/c1-12-14(5-4-6-15(12)19)16(20)18-9-7-13(8-10-18)11-17(2)3/h4-6,13,19H,7-11H2,1-3H3. The Hall–Kier alpha value is -1.55. The number of hydrogen-bond donors (Lipinski definition) is 1. The number of phenols is 1. The molecule has 1 aliphatic heterocycles. The molecular weight excluding hydrogens is 252 g/mol. The third kappa shape index (κ3) is 3.31. The van der Waals surface area contributed by atoms with Gasteiger partial charge in [0.15, 0.2) is 0 Å². The van der Waals surface area contributed by atoms with Crippen LogP contribution in [0.5, 0.6) is 5.75 Å². The van der Waals surface area contributed by atoms with Gasteiger partial charge in [-0.25, -0.2) is 0 Å². The molecule has 1 aliphatic rings. The highest BCUT2D eigenvalue weighted by Crippen LogP contribution is 2.24. The zero-order valence-corrected chi connectivity index (χ0v) is 12.6. The fourth-order valence-corrected chi connectivity index (χ4v) is 2.86. The van der Waals surface area contributed by atoms with Crippen LogP contribution in [-0.4, -0.2) is 54.5 Å². The van der Waals surface area contributed by atoms with E-state index < -0.39 is 0 Å². The molecule has 20 heavy (non-hydrogen) atoms. The Balaban J connectivity index is 2.00. The van der Waals surface area contributed by atoms with E-state index in [2.05, 4.69) is 19.0 Å². The van der Waals surface area contributed by atoms with Gasteiger partial charge in [0.25, 0.3) is 5.91 Å². The Labute approximate surface area is 121 Å². The Morgan fingerprint density at radius 2 is 2.00 bits per heavy atom. The van der Waals surface area contributed by atoms with Crippen molar-refractivity contribution in [2.75, 3.05) is 33.7 Å². The fourth-order valence-electron chi connectivity index (χ4n) is 2.86. The molecular formula is C16H24N2O2. The molecule has 1 amide bonds. The quantitative estimate of drug-likeness (QED) is 0.919. The third-order valence-corrected chi connectivity index (χ3v) is 4.06. The fraction of sp³-hybridized carbons (Fsp3) is 0.562. The molecule has 4 nitrogen and oxygen atoms in total. The van der Waals surface area contributed by atoms with Gasteiger partial charge in [0, 0.05) is 30.8 Å². The highest BCUT2D eigenvalue weighted by molar-refractivity contribution is 5.96. The van der Waals surface area contributed by atoms with E-state index >= 15 is 0 Å². The lowest BCUT2D eigenvalue weighted by molar-refractivity contribution is 0.0677. The number of piperidine rings is 1. The number of carbonyl (C=O) groups excluding carboxylic acids is 1. The van der Waals surface area contributed by atoms with Gasteiger partial charge in [-0.1, -0.05) is 6.07 Å². The number of amides is 1. The summed E-state index contributed by atoms with van der Waals surface area (Å²) in [5.41, 5.74) is 1.30. The minimum atomic E-state index is 0.0432. The molecule has 110 valence electrons. The third-order valence-electron chi connectivity index (χ3n) is 4.06. The van der Waals surface area contributed by atoms with Crippen molar-refractivity contribution in [3.8, 4) is 5.75 Å². The van der Waals surface area contributed by atoms with Crippen LogP contribution in [0.4, 0.5) is 0 Å². The second kappa shape index (κ2) is 6.27. The van der Waals surface area contributed by atoms with E-state index in [0.717, 1.165) is 32.5 Å². The molecule has 1 aromatic carbocycles. The van der Waals surface area contributed by atoms with Crippen LogP contribution in [0.3, 0.4) is 0 Å². The van der Waals surface area contributed by atoms with Gasteiger partial charge in [0.2, 0.25) is 0 Å². The predicted octanol–water partition coefficient (Wildman–Crippen LogP) is 2.11. The molecule has 1 fully saturated rings. The van der Waals surface area contributed by atoms with Crippen molar-refractivity contribution in [3.05, 3.63) is 29.3 Å². The number of hydrogen-bond acceptors (Lipinski definition) is 3. The molecule has 1 aromatic rings. The molecule has 1 heterocycles. The smallest absolute Gasteiger partial charge is 0.254 e. The van der Waals surface area contributed by atoms with E-state index in [4.69, 9.17) is 0 Å². The highest BCUT2D eigenvalue weighted by Gasteiger charge is 2.25. The predicted molar refractivity (Wildman–Crippen MR) is 80.0 cm³/mol. The van der Waals surface area contributed by atoms with Crippen molar-refractivity contribution < 1.29 is 9.90 Å². The number of likely N-dealkylation sites (tertiary alicyclic amines) is 1. The van der Waals surface area contributed by atoms with E-state index in [1.165, 1.54) is 0 Å². The molecule has 2 rings (SSSR count). The van der Waals surface area contributed by atoms with E-state index in [-0.39, 0.29) is 11.7 Å². The maximum atomic E-state index is 12.5. The summed E-state index contributed by atoms with van der Waals surface area (Å²) < 4.78 is 0. The van der Waals surface area contributed by atoms with Crippen molar-refractivity contribution in [2.24, 2.45) is 5.92 Å². The van der Waals surface area contributed by atoms with Crippen LogP contribution in [0.1, 0.15) is 28.8 Å². The van der Waals surface area contributed by atoms with Crippen molar-refractivity contribution in [1.29, 1.82) is 0 Å². The van der Waals surface area contributed by atoms with Crippen LogP contribution in [-0.2, 0) is 0 Å². The molecule has 0 spiro atoms. The van der Waals surface area contributed by atoms with Gasteiger partial charge in [-0.3, -0.25) is 4.79 Å². The first kappa shape index (κ1) is 14.9. The SMILES string of the molecule is Cc1c(O)cccc1C(=O)N1CCC(CN(C)C)CC1. The van der Waals surface area contributed by atoms with Gasteiger partial charge < -0.3 is 14.9 Å². The minimum absolute atomic E-state index is 0.0432. The molecule has 0 atom stereocenters. The largest absolute Gasteiger partial charge is 0.508 e. The summed E-state index contributed by atoms with van der Waals surface area (Å²) in [4.78, 5) is 16.6. The summed E-state index contributed by atoms with van der Waals surface area (Å²) in [7, 11) is 4.18. The zero-order valence-electron chi connectivity index (χ0n) is 12.6. The van der Waals surface area contributed by atoms with Crippen LogP contribution < -0.4 is 0 Å². The molecule has 0 aliphatic carbocycles. The van der Waals surface area contributed by atoms with Crippen LogP contribution in [0.25, 0.3) is 0 Å². The number of phenolic OH excluding ortho intramolecular Hbond substituents is 1. The second-order valence-electron chi connectivity index (χ2n) is 5.95. The Morgan fingerprint density at radius 3 is 2.60 bits per heavy atom. The topological polar surface area (TPSA) is 43.8 Å². The average molecular weight is 276 g/mol. The summed E-state index contributed by atoms with van der Waals surface area (Å²) >= 11 is 0. The Kier molecular flexibility index (Phi) is 4.65. The maximum Gasteiger partial charge on any atom is 0.254 e. The summed E-state index contributed by atoms with van der Waals surface area (Å²) in [6.07, 6.45) is 2.11. The summed E-state index contributed by atoms with van der Waals surface area (Å²) in [5.74, 6) is 0.916. The maximum absolute atomic E-state index is 12.5. The van der Waals surface area contributed by atoms with Crippen LogP contribution in [0.15, 0.2) is 18.2 Å². The molecule has 4 heteroatoms. The highest BCUT2D eigenvalue weighted by atomic mass is 16.3. The van der Waals surface area contributed by atoms with Crippen LogP contribution in [0.2, 0.25) is 0 Å². The number of benzene rings is 1. The minimum Gasteiger partial charge on any atom is -0.508 e. The van der Waals surface area contributed by atoms with E-state index in [1.807, 2.05) is 4.90 Å². The molecule has 0 bridgehead atoms. The van der Waals surface area contributed by atoms with Gasteiger partial charge in [-0.2, -0.15) is 0 Å². The molecule has 0 unspecified atom stereocenters. The van der Waals surface area contributed by atoms with Gasteiger partial charge in [-0.05, 0) is 51.9 Å². The Morgan fingerprint density at radius 1 is 1.35 bits per heavy atom. The molecule has 1 saturated heterocycles. The monoisotopic (exact) mass is 276 g/mol. The van der Waals surface area contributed by atoms with Crippen LogP contribution in [0, 0.1) is 12.8 Å². The van der Waals surface area contributed by atoms with Gasteiger partial charge >= 0.3 is 0 Å². The first-order chi connectivity index (χ1) is 9.49.